The minimum Gasteiger partial charge on any atom is -0.361 e. The summed E-state index contributed by atoms with van der Waals surface area (Å²) in [5.74, 6) is -0.122. The van der Waals surface area contributed by atoms with Crippen molar-refractivity contribution in [3.8, 4) is 0 Å². The van der Waals surface area contributed by atoms with E-state index in [0.717, 1.165) is 27.5 Å². The number of hydrogen-bond acceptors (Lipinski definition) is 2. The summed E-state index contributed by atoms with van der Waals surface area (Å²) < 4.78 is 0. The SMILES string of the molecule is O=C(Nc1ccc2[nH]ncc2c1)c1cccc2[nH]ccc12. The Kier molecular flexibility index (Phi) is 2.50. The molecule has 0 bridgehead atoms. The zero-order chi connectivity index (χ0) is 14.2. The van der Waals surface area contributed by atoms with Crippen LogP contribution in [0.5, 0.6) is 0 Å². The number of amides is 1. The molecule has 3 N–H and O–H groups in total. The number of H-pyrrole nitrogens is 2. The molecule has 0 saturated carbocycles. The Hall–Kier alpha value is -3.08. The lowest BCUT2D eigenvalue weighted by Gasteiger charge is -2.06. The predicted molar refractivity (Wildman–Crippen MR) is 82.3 cm³/mol. The Morgan fingerprint density at radius 3 is 3.00 bits per heavy atom. The quantitative estimate of drug-likeness (QED) is 0.525. The molecule has 2 aromatic carbocycles. The second-order valence-corrected chi connectivity index (χ2v) is 4.87. The van der Waals surface area contributed by atoms with Gasteiger partial charge in [0, 0.05) is 33.7 Å². The van der Waals surface area contributed by atoms with Crippen molar-refractivity contribution in [2.75, 3.05) is 5.32 Å². The normalized spacial score (nSPS) is 11.0. The molecule has 5 nitrogen and oxygen atoms in total. The van der Waals surface area contributed by atoms with Crippen LogP contribution in [0.1, 0.15) is 10.4 Å². The molecule has 0 aliphatic carbocycles. The molecule has 4 rings (SSSR count). The van der Waals surface area contributed by atoms with Crippen LogP contribution in [0.15, 0.2) is 54.9 Å². The maximum atomic E-state index is 12.5. The monoisotopic (exact) mass is 276 g/mol. The van der Waals surface area contributed by atoms with Gasteiger partial charge in [0.1, 0.15) is 0 Å². The van der Waals surface area contributed by atoms with Crippen LogP contribution in [0.3, 0.4) is 0 Å². The summed E-state index contributed by atoms with van der Waals surface area (Å²) in [6.07, 6.45) is 3.57. The fourth-order valence-electron chi connectivity index (χ4n) is 2.50. The van der Waals surface area contributed by atoms with Crippen molar-refractivity contribution in [2.24, 2.45) is 0 Å². The second-order valence-electron chi connectivity index (χ2n) is 4.87. The second kappa shape index (κ2) is 4.49. The number of aromatic amines is 2. The molecule has 0 saturated heterocycles. The molecular formula is C16H12N4O. The Labute approximate surface area is 120 Å². The number of carbonyl (C=O) groups is 1. The highest BCUT2D eigenvalue weighted by molar-refractivity contribution is 6.12. The first kappa shape index (κ1) is 11.7. The third-order valence-corrected chi connectivity index (χ3v) is 3.54. The van der Waals surface area contributed by atoms with Gasteiger partial charge in [0.25, 0.3) is 5.91 Å². The van der Waals surface area contributed by atoms with E-state index in [-0.39, 0.29) is 5.91 Å². The zero-order valence-electron chi connectivity index (χ0n) is 11.1. The first-order valence-corrected chi connectivity index (χ1v) is 6.62. The minimum absolute atomic E-state index is 0.122. The standard InChI is InChI=1S/C16H12N4O/c21-16(13-2-1-3-15-12(13)6-7-17-15)19-11-4-5-14-10(8-11)9-18-20-14/h1-9,17H,(H,18,20)(H,19,21). The third kappa shape index (κ3) is 1.95. The van der Waals surface area contributed by atoms with E-state index in [4.69, 9.17) is 0 Å². The van der Waals surface area contributed by atoms with Crippen LogP contribution in [0.25, 0.3) is 21.8 Å². The molecular weight excluding hydrogens is 264 g/mol. The molecule has 0 aliphatic heterocycles. The average molecular weight is 276 g/mol. The molecule has 0 radical (unpaired) electrons. The van der Waals surface area contributed by atoms with Crippen LogP contribution in [-0.4, -0.2) is 21.1 Å². The van der Waals surface area contributed by atoms with Gasteiger partial charge in [0.15, 0.2) is 0 Å². The Morgan fingerprint density at radius 2 is 2.05 bits per heavy atom. The lowest BCUT2D eigenvalue weighted by Crippen LogP contribution is -2.12. The van der Waals surface area contributed by atoms with E-state index in [1.807, 2.05) is 48.7 Å². The molecule has 5 heteroatoms. The molecule has 1 amide bonds. The summed E-state index contributed by atoms with van der Waals surface area (Å²) in [5, 5.41) is 11.7. The lowest BCUT2D eigenvalue weighted by atomic mass is 10.1. The van der Waals surface area contributed by atoms with Crippen molar-refractivity contribution < 1.29 is 4.79 Å². The number of fused-ring (bicyclic) bond motifs is 2. The third-order valence-electron chi connectivity index (χ3n) is 3.54. The molecule has 21 heavy (non-hydrogen) atoms. The maximum Gasteiger partial charge on any atom is 0.256 e. The number of benzene rings is 2. The van der Waals surface area contributed by atoms with E-state index in [1.54, 1.807) is 6.20 Å². The fourth-order valence-corrected chi connectivity index (χ4v) is 2.50. The fraction of sp³-hybridized carbons (Fsp3) is 0. The smallest absolute Gasteiger partial charge is 0.256 e. The van der Waals surface area contributed by atoms with Gasteiger partial charge in [0.2, 0.25) is 0 Å². The summed E-state index contributed by atoms with van der Waals surface area (Å²) in [6.45, 7) is 0. The zero-order valence-corrected chi connectivity index (χ0v) is 11.1. The summed E-state index contributed by atoms with van der Waals surface area (Å²) >= 11 is 0. The van der Waals surface area contributed by atoms with Crippen LogP contribution in [-0.2, 0) is 0 Å². The van der Waals surface area contributed by atoms with E-state index in [0.29, 0.717) is 5.56 Å². The molecule has 0 aliphatic rings. The Morgan fingerprint density at radius 1 is 1.10 bits per heavy atom. The molecule has 2 aromatic heterocycles. The number of rotatable bonds is 2. The summed E-state index contributed by atoms with van der Waals surface area (Å²) in [4.78, 5) is 15.6. The molecule has 102 valence electrons. The Bertz CT molecular complexity index is 951. The highest BCUT2D eigenvalue weighted by Crippen LogP contribution is 2.21. The number of nitrogens with one attached hydrogen (secondary N) is 3. The summed E-state index contributed by atoms with van der Waals surface area (Å²) in [6, 6.07) is 13.2. The largest absolute Gasteiger partial charge is 0.361 e. The number of aromatic nitrogens is 3. The van der Waals surface area contributed by atoms with Crippen LogP contribution in [0.2, 0.25) is 0 Å². The van der Waals surface area contributed by atoms with Crippen LogP contribution >= 0.6 is 0 Å². The van der Waals surface area contributed by atoms with Crippen molar-refractivity contribution in [3.63, 3.8) is 0 Å². The molecule has 0 atom stereocenters. The predicted octanol–water partition coefficient (Wildman–Crippen LogP) is 3.30. The van der Waals surface area contributed by atoms with Gasteiger partial charge in [-0.25, -0.2) is 0 Å². The molecule has 2 heterocycles. The van der Waals surface area contributed by atoms with Gasteiger partial charge < -0.3 is 10.3 Å². The van der Waals surface area contributed by atoms with Gasteiger partial charge in [-0.15, -0.1) is 0 Å². The maximum absolute atomic E-state index is 12.5. The van der Waals surface area contributed by atoms with E-state index in [1.165, 1.54) is 0 Å². The van der Waals surface area contributed by atoms with Crippen molar-refractivity contribution >= 4 is 33.4 Å². The highest BCUT2D eigenvalue weighted by Gasteiger charge is 2.11. The van der Waals surface area contributed by atoms with Crippen molar-refractivity contribution in [2.45, 2.75) is 0 Å². The summed E-state index contributed by atoms with van der Waals surface area (Å²) in [7, 11) is 0. The van der Waals surface area contributed by atoms with Crippen molar-refractivity contribution in [3.05, 3.63) is 60.4 Å². The van der Waals surface area contributed by atoms with Gasteiger partial charge >= 0.3 is 0 Å². The van der Waals surface area contributed by atoms with Crippen LogP contribution in [0, 0.1) is 0 Å². The number of hydrogen-bond donors (Lipinski definition) is 3. The first-order chi connectivity index (χ1) is 10.3. The molecule has 0 fully saturated rings. The number of anilines is 1. The van der Waals surface area contributed by atoms with E-state index in [2.05, 4.69) is 20.5 Å². The average Bonchev–Trinajstić information content (AvgIpc) is 3.14. The minimum atomic E-state index is -0.122. The number of carbonyl (C=O) groups excluding carboxylic acids is 1. The lowest BCUT2D eigenvalue weighted by molar-refractivity contribution is 0.102. The first-order valence-electron chi connectivity index (χ1n) is 6.62. The van der Waals surface area contributed by atoms with E-state index >= 15 is 0 Å². The highest BCUT2D eigenvalue weighted by atomic mass is 16.1. The summed E-state index contributed by atoms with van der Waals surface area (Å²) in [5.41, 5.74) is 3.30. The van der Waals surface area contributed by atoms with Crippen LogP contribution in [0.4, 0.5) is 5.69 Å². The van der Waals surface area contributed by atoms with Gasteiger partial charge in [-0.1, -0.05) is 6.07 Å². The van der Waals surface area contributed by atoms with Gasteiger partial charge in [0.05, 0.1) is 11.7 Å². The number of nitrogens with zero attached hydrogens (tertiary/aromatic N) is 1. The van der Waals surface area contributed by atoms with Gasteiger partial charge in [-0.2, -0.15) is 5.10 Å². The molecule has 0 spiro atoms. The van der Waals surface area contributed by atoms with E-state index < -0.39 is 0 Å². The van der Waals surface area contributed by atoms with Crippen molar-refractivity contribution in [1.29, 1.82) is 0 Å². The van der Waals surface area contributed by atoms with Gasteiger partial charge in [-0.3, -0.25) is 9.89 Å². The Balaban J connectivity index is 1.70. The molecule has 0 unspecified atom stereocenters. The van der Waals surface area contributed by atoms with Crippen LogP contribution < -0.4 is 5.32 Å². The van der Waals surface area contributed by atoms with E-state index in [9.17, 15) is 4.79 Å². The van der Waals surface area contributed by atoms with Crippen molar-refractivity contribution in [1.82, 2.24) is 15.2 Å². The molecule has 4 aromatic rings. The van der Waals surface area contributed by atoms with Gasteiger partial charge in [-0.05, 0) is 36.4 Å². The topological polar surface area (TPSA) is 73.6 Å².